The van der Waals surface area contributed by atoms with Gasteiger partial charge in [-0.3, -0.25) is 0 Å². The Kier molecular flexibility index (Phi) is 5.47. The Morgan fingerprint density at radius 1 is 1.16 bits per heavy atom. The summed E-state index contributed by atoms with van der Waals surface area (Å²) in [6.45, 7) is 5.58. The summed E-state index contributed by atoms with van der Waals surface area (Å²) in [5.74, 6) is 3.19. The Morgan fingerprint density at radius 2 is 1.84 bits per heavy atom. The van der Waals surface area contributed by atoms with Gasteiger partial charge in [0.15, 0.2) is 0 Å². The highest BCUT2D eigenvalue weighted by Crippen LogP contribution is 2.38. The van der Waals surface area contributed by atoms with Gasteiger partial charge in [0, 0.05) is 4.47 Å². The van der Waals surface area contributed by atoms with Crippen molar-refractivity contribution in [1.29, 1.82) is 0 Å². The predicted octanol–water partition coefficient (Wildman–Crippen LogP) is 4.64. The van der Waals surface area contributed by atoms with Gasteiger partial charge in [0.05, 0.1) is 0 Å². The van der Waals surface area contributed by atoms with Crippen LogP contribution < -0.4 is 5.73 Å². The summed E-state index contributed by atoms with van der Waals surface area (Å²) in [4.78, 5) is 0. The molecule has 2 heteroatoms. The van der Waals surface area contributed by atoms with Crippen molar-refractivity contribution in [2.75, 3.05) is 6.54 Å². The van der Waals surface area contributed by atoms with Crippen LogP contribution in [0, 0.1) is 23.7 Å². The standard InChI is InChI=1S/C17H26BrN/c1-12(2)14-5-6-15(11-19)16(10-14)9-13-3-7-17(18)8-4-13/h3-4,7-8,12,14-16H,5-6,9-11,19H2,1-2H3. The maximum Gasteiger partial charge on any atom is 0.0175 e. The largest absolute Gasteiger partial charge is 0.330 e. The summed E-state index contributed by atoms with van der Waals surface area (Å²) in [6, 6.07) is 8.79. The number of nitrogens with two attached hydrogens (primary N) is 1. The molecule has 1 aliphatic carbocycles. The molecule has 0 amide bonds. The zero-order valence-electron chi connectivity index (χ0n) is 12.1. The molecule has 0 radical (unpaired) electrons. The molecule has 0 aromatic heterocycles. The topological polar surface area (TPSA) is 26.0 Å². The van der Waals surface area contributed by atoms with E-state index in [0.717, 1.165) is 34.7 Å². The molecule has 106 valence electrons. The van der Waals surface area contributed by atoms with E-state index >= 15 is 0 Å². The van der Waals surface area contributed by atoms with Crippen molar-refractivity contribution in [2.45, 2.75) is 39.5 Å². The van der Waals surface area contributed by atoms with Crippen LogP contribution in [0.25, 0.3) is 0 Å². The van der Waals surface area contributed by atoms with E-state index in [-0.39, 0.29) is 0 Å². The van der Waals surface area contributed by atoms with E-state index in [1.165, 1.54) is 31.2 Å². The van der Waals surface area contributed by atoms with Gasteiger partial charge in [-0.2, -0.15) is 0 Å². The smallest absolute Gasteiger partial charge is 0.0175 e. The number of hydrogen-bond donors (Lipinski definition) is 1. The molecule has 1 aliphatic rings. The van der Waals surface area contributed by atoms with Crippen LogP contribution in [0.4, 0.5) is 0 Å². The van der Waals surface area contributed by atoms with Crippen LogP contribution in [0.3, 0.4) is 0 Å². The molecular weight excluding hydrogens is 298 g/mol. The van der Waals surface area contributed by atoms with Gasteiger partial charge < -0.3 is 5.73 Å². The Balaban J connectivity index is 2.03. The van der Waals surface area contributed by atoms with E-state index in [4.69, 9.17) is 5.73 Å². The monoisotopic (exact) mass is 323 g/mol. The fourth-order valence-electron chi connectivity index (χ4n) is 3.45. The predicted molar refractivity (Wildman–Crippen MR) is 86.1 cm³/mol. The molecular formula is C17H26BrN. The van der Waals surface area contributed by atoms with E-state index in [1.54, 1.807) is 0 Å². The SMILES string of the molecule is CC(C)C1CCC(CN)C(Cc2ccc(Br)cc2)C1. The lowest BCUT2D eigenvalue weighted by Crippen LogP contribution is -2.33. The Bertz CT molecular complexity index is 385. The highest BCUT2D eigenvalue weighted by Gasteiger charge is 2.30. The molecule has 1 saturated carbocycles. The number of halogens is 1. The van der Waals surface area contributed by atoms with Crippen molar-refractivity contribution >= 4 is 15.9 Å². The van der Waals surface area contributed by atoms with Gasteiger partial charge in [-0.05, 0) is 73.6 Å². The molecule has 0 saturated heterocycles. The molecule has 1 aromatic carbocycles. The Morgan fingerprint density at radius 3 is 2.42 bits per heavy atom. The third-order valence-corrected chi connectivity index (χ3v) is 5.37. The molecule has 19 heavy (non-hydrogen) atoms. The summed E-state index contributed by atoms with van der Waals surface area (Å²) >= 11 is 3.50. The normalized spacial score (nSPS) is 27.7. The zero-order chi connectivity index (χ0) is 13.8. The van der Waals surface area contributed by atoms with Crippen molar-refractivity contribution in [3.63, 3.8) is 0 Å². The molecule has 3 unspecified atom stereocenters. The average Bonchev–Trinajstić information content (AvgIpc) is 2.41. The van der Waals surface area contributed by atoms with Crippen LogP contribution in [-0.2, 0) is 6.42 Å². The maximum absolute atomic E-state index is 5.99. The van der Waals surface area contributed by atoms with Gasteiger partial charge in [0.2, 0.25) is 0 Å². The van der Waals surface area contributed by atoms with Gasteiger partial charge in [0.1, 0.15) is 0 Å². The molecule has 2 N–H and O–H groups in total. The van der Waals surface area contributed by atoms with Crippen molar-refractivity contribution in [2.24, 2.45) is 29.4 Å². The van der Waals surface area contributed by atoms with E-state index in [9.17, 15) is 0 Å². The zero-order valence-corrected chi connectivity index (χ0v) is 13.7. The van der Waals surface area contributed by atoms with Crippen LogP contribution in [-0.4, -0.2) is 6.54 Å². The first-order chi connectivity index (χ1) is 9.10. The average molecular weight is 324 g/mol. The minimum Gasteiger partial charge on any atom is -0.330 e. The van der Waals surface area contributed by atoms with Crippen LogP contribution in [0.1, 0.15) is 38.7 Å². The summed E-state index contributed by atoms with van der Waals surface area (Å²) in [5, 5.41) is 0. The lowest BCUT2D eigenvalue weighted by Gasteiger charge is -2.37. The van der Waals surface area contributed by atoms with Crippen LogP contribution in [0.15, 0.2) is 28.7 Å². The minimum absolute atomic E-state index is 0.721. The summed E-state index contributed by atoms with van der Waals surface area (Å²) < 4.78 is 1.16. The molecule has 1 nitrogen and oxygen atoms in total. The molecule has 1 aromatic rings. The van der Waals surface area contributed by atoms with Crippen LogP contribution >= 0.6 is 15.9 Å². The fraction of sp³-hybridized carbons (Fsp3) is 0.647. The van der Waals surface area contributed by atoms with Crippen LogP contribution in [0.2, 0.25) is 0 Å². The second-order valence-electron chi connectivity index (χ2n) is 6.40. The van der Waals surface area contributed by atoms with E-state index in [2.05, 4.69) is 54.0 Å². The summed E-state index contributed by atoms with van der Waals surface area (Å²) in [6.07, 6.45) is 5.24. The van der Waals surface area contributed by atoms with Crippen molar-refractivity contribution in [3.05, 3.63) is 34.3 Å². The number of benzene rings is 1. The summed E-state index contributed by atoms with van der Waals surface area (Å²) in [7, 11) is 0. The molecule has 0 bridgehead atoms. The number of rotatable bonds is 4. The third-order valence-electron chi connectivity index (χ3n) is 4.84. The highest BCUT2D eigenvalue weighted by molar-refractivity contribution is 9.10. The highest BCUT2D eigenvalue weighted by atomic mass is 79.9. The lowest BCUT2D eigenvalue weighted by molar-refractivity contribution is 0.151. The van der Waals surface area contributed by atoms with Gasteiger partial charge in [-0.25, -0.2) is 0 Å². The molecule has 0 heterocycles. The number of hydrogen-bond acceptors (Lipinski definition) is 1. The van der Waals surface area contributed by atoms with Crippen molar-refractivity contribution < 1.29 is 0 Å². The first-order valence-electron chi connectivity index (χ1n) is 7.54. The minimum atomic E-state index is 0.721. The quantitative estimate of drug-likeness (QED) is 0.858. The van der Waals surface area contributed by atoms with Gasteiger partial charge >= 0.3 is 0 Å². The molecule has 1 fully saturated rings. The second-order valence-corrected chi connectivity index (χ2v) is 7.32. The summed E-state index contributed by atoms with van der Waals surface area (Å²) in [5.41, 5.74) is 7.44. The fourth-order valence-corrected chi connectivity index (χ4v) is 3.72. The third kappa shape index (κ3) is 4.06. The second kappa shape index (κ2) is 6.90. The van der Waals surface area contributed by atoms with Gasteiger partial charge in [0.25, 0.3) is 0 Å². The first kappa shape index (κ1) is 15.1. The molecule has 0 spiro atoms. The van der Waals surface area contributed by atoms with E-state index < -0.39 is 0 Å². The molecule has 0 aliphatic heterocycles. The van der Waals surface area contributed by atoms with E-state index in [1.807, 2.05) is 0 Å². The maximum atomic E-state index is 5.99. The Labute approximate surface area is 126 Å². The molecule has 3 atom stereocenters. The first-order valence-corrected chi connectivity index (χ1v) is 8.34. The molecule has 2 rings (SSSR count). The van der Waals surface area contributed by atoms with Gasteiger partial charge in [-0.1, -0.05) is 41.9 Å². The van der Waals surface area contributed by atoms with Gasteiger partial charge in [-0.15, -0.1) is 0 Å². The Hall–Kier alpha value is -0.340. The van der Waals surface area contributed by atoms with E-state index in [0.29, 0.717) is 0 Å². The van der Waals surface area contributed by atoms with Crippen molar-refractivity contribution in [3.8, 4) is 0 Å². The van der Waals surface area contributed by atoms with Crippen molar-refractivity contribution in [1.82, 2.24) is 0 Å². The van der Waals surface area contributed by atoms with Crippen LogP contribution in [0.5, 0.6) is 0 Å². The lowest BCUT2D eigenvalue weighted by atomic mass is 9.69.